The molecule has 0 bridgehead atoms. The molecule has 7 N–H and O–H groups in total. The number of carbonyl (C=O) groups excluding carboxylic acids is 3. The first-order valence-corrected chi connectivity index (χ1v) is 10.00. The molecule has 0 saturated carbocycles. The fourth-order valence-corrected chi connectivity index (χ4v) is 2.88. The van der Waals surface area contributed by atoms with Gasteiger partial charge in [-0.05, 0) is 19.3 Å². The summed E-state index contributed by atoms with van der Waals surface area (Å²) in [6, 6.07) is -1.46. The molecule has 12 nitrogen and oxygen atoms in total. The molecule has 1 heterocycles. The Labute approximate surface area is 179 Å². The van der Waals surface area contributed by atoms with E-state index in [1.54, 1.807) is 0 Å². The number of amides is 2. The lowest BCUT2D eigenvalue weighted by Crippen LogP contribution is -2.33. The summed E-state index contributed by atoms with van der Waals surface area (Å²) < 4.78 is 5.14. The van der Waals surface area contributed by atoms with Gasteiger partial charge in [0.1, 0.15) is 11.8 Å². The van der Waals surface area contributed by atoms with Crippen LogP contribution in [0.15, 0.2) is 4.52 Å². The van der Waals surface area contributed by atoms with Crippen molar-refractivity contribution in [2.45, 2.75) is 71.1 Å². The van der Waals surface area contributed by atoms with Crippen molar-refractivity contribution < 1.29 is 33.9 Å². The molecule has 2 amide bonds. The van der Waals surface area contributed by atoms with E-state index in [1.165, 1.54) is 6.92 Å². The predicted molar refractivity (Wildman–Crippen MR) is 107 cm³/mol. The lowest BCUT2D eigenvalue weighted by Gasteiger charge is -2.15. The third kappa shape index (κ3) is 9.22. The van der Waals surface area contributed by atoms with Crippen LogP contribution in [0.3, 0.4) is 0 Å². The van der Waals surface area contributed by atoms with Crippen molar-refractivity contribution in [1.82, 2.24) is 15.5 Å². The van der Waals surface area contributed by atoms with E-state index >= 15 is 0 Å². The van der Waals surface area contributed by atoms with Crippen LogP contribution in [0.1, 0.15) is 76.7 Å². The van der Waals surface area contributed by atoms with Crippen LogP contribution in [0.2, 0.25) is 0 Å². The summed E-state index contributed by atoms with van der Waals surface area (Å²) >= 11 is 0. The molecular weight excluding hydrogens is 410 g/mol. The summed E-state index contributed by atoms with van der Waals surface area (Å²) in [5.74, 6) is -3.83. The van der Waals surface area contributed by atoms with Crippen molar-refractivity contribution in [1.29, 1.82) is 0 Å². The normalized spacial score (nSPS) is 15.2. The minimum absolute atomic E-state index is 0.0345. The summed E-state index contributed by atoms with van der Waals surface area (Å²) in [6.07, 6.45) is -1.79. The van der Waals surface area contributed by atoms with Crippen molar-refractivity contribution in [2.24, 2.45) is 23.3 Å². The number of carboxylic acids is 1. The van der Waals surface area contributed by atoms with Gasteiger partial charge in [-0.2, -0.15) is 4.98 Å². The molecule has 0 aliphatic heterocycles. The van der Waals surface area contributed by atoms with E-state index in [0.717, 1.165) is 0 Å². The van der Waals surface area contributed by atoms with Gasteiger partial charge in [-0.15, -0.1) is 0 Å². The number of primary amides is 1. The summed E-state index contributed by atoms with van der Waals surface area (Å²) in [5, 5.41) is 24.8. The Hall–Kier alpha value is -2.86. The maximum Gasteiger partial charge on any atom is 0.309 e. The summed E-state index contributed by atoms with van der Waals surface area (Å²) in [4.78, 5) is 50.8. The van der Waals surface area contributed by atoms with Gasteiger partial charge in [0.15, 0.2) is 5.82 Å². The van der Waals surface area contributed by atoms with Gasteiger partial charge in [-0.1, -0.05) is 19.0 Å². The van der Waals surface area contributed by atoms with Gasteiger partial charge in [-0.25, -0.2) is 0 Å². The molecule has 0 saturated heterocycles. The molecule has 0 fully saturated rings. The van der Waals surface area contributed by atoms with Gasteiger partial charge in [-0.3, -0.25) is 19.2 Å². The quantitative estimate of drug-likeness (QED) is 0.260. The molecule has 0 aromatic carbocycles. The molecular formula is C19H31N5O7. The predicted octanol–water partition coefficient (Wildman–Crippen LogP) is -0.0308. The molecule has 174 valence electrons. The Balaban J connectivity index is 2.73. The summed E-state index contributed by atoms with van der Waals surface area (Å²) in [7, 11) is 0. The molecule has 1 unspecified atom stereocenters. The number of nitrogens with two attached hydrogens (primary N) is 2. The van der Waals surface area contributed by atoms with Gasteiger partial charge in [0.2, 0.25) is 17.7 Å². The largest absolute Gasteiger partial charge is 0.481 e. The van der Waals surface area contributed by atoms with E-state index in [-0.39, 0.29) is 31.0 Å². The van der Waals surface area contributed by atoms with Gasteiger partial charge >= 0.3 is 5.97 Å². The maximum absolute atomic E-state index is 12.3. The molecule has 1 aromatic heterocycles. The van der Waals surface area contributed by atoms with E-state index in [4.69, 9.17) is 21.1 Å². The van der Waals surface area contributed by atoms with Gasteiger partial charge in [0.05, 0.1) is 24.5 Å². The molecule has 1 rings (SSSR count). The molecule has 0 aliphatic carbocycles. The third-order valence-corrected chi connectivity index (χ3v) is 4.53. The molecule has 0 spiro atoms. The Morgan fingerprint density at radius 2 is 1.77 bits per heavy atom. The number of nitrogens with zero attached hydrogens (tertiary/aromatic N) is 2. The van der Waals surface area contributed by atoms with Gasteiger partial charge in [0, 0.05) is 19.3 Å². The van der Waals surface area contributed by atoms with Crippen LogP contribution in [0.4, 0.5) is 0 Å². The zero-order chi connectivity index (χ0) is 23.7. The highest BCUT2D eigenvalue weighted by molar-refractivity contribution is 5.88. The smallest absolute Gasteiger partial charge is 0.309 e. The topological polar surface area (TPSA) is 212 Å². The third-order valence-electron chi connectivity index (χ3n) is 4.53. The van der Waals surface area contributed by atoms with Crippen molar-refractivity contribution in [3.05, 3.63) is 11.7 Å². The number of rotatable bonds is 14. The first kappa shape index (κ1) is 26.2. The number of Topliss-reactive ketones (excluding diaryl/α,β-unsaturated/α-hetero) is 1. The van der Waals surface area contributed by atoms with Crippen LogP contribution >= 0.6 is 0 Å². The Bertz CT molecular complexity index is 777. The minimum Gasteiger partial charge on any atom is -0.481 e. The average molecular weight is 441 g/mol. The van der Waals surface area contributed by atoms with Crippen LogP contribution in [-0.4, -0.2) is 50.0 Å². The second-order valence-electron chi connectivity index (χ2n) is 7.95. The molecule has 31 heavy (non-hydrogen) atoms. The number of nitrogens with one attached hydrogen (secondary N) is 1. The number of ketones is 1. The number of aliphatic carboxylic acids is 1. The molecule has 0 aliphatic rings. The second-order valence-corrected chi connectivity index (χ2v) is 7.95. The van der Waals surface area contributed by atoms with Crippen LogP contribution in [0.25, 0.3) is 0 Å². The Morgan fingerprint density at radius 3 is 2.29 bits per heavy atom. The van der Waals surface area contributed by atoms with Crippen molar-refractivity contribution in [3.8, 4) is 0 Å². The second kappa shape index (κ2) is 12.1. The van der Waals surface area contributed by atoms with Gasteiger partial charge < -0.3 is 31.5 Å². The number of carbonyl (C=O) groups is 4. The zero-order valence-corrected chi connectivity index (χ0v) is 17.9. The Kier molecular flexibility index (Phi) is 10.2. The number of hydrogen-bond acceptors (Lipinski definition) is 9. The average Bonchev–Trinajstić information content (AvgIpc) is 3.12. The minimum atomic E-state index is -1.29. The lowest BCUT2D eigenvalue weighted by molar-refractivity contribution is -0.147. The number of carboxylic acid groups (broad SMARTS) is 1. The highest BCUT2D eigenvalue weighted by Crippen LogP contribution is 2.20. The molecule has 4 atom stereocenters. The number of aliphatic hydroxyl groups excluding tert-OH is 1. The van der Waals surface area contributed by atoms with Crippen LogP contribution < -0.4 is 16.8 Å². The van der Waals surface area contributed by atoms with Crippen molar-refractivity contribution >= 4 is 23.6 Å². The standard InChI is InChI=1S/C19H31N5O7/c1-9(2)6-13(20)17-23-18(31-24-17)14(8-15(21)27)22-16(28)5-4-11(26)7-12(10(3)25)19(29)30/h9-10,12-14,25H,4-8,20H2,1-3H3,(H2,21,27)(H,22,28)(H,29,30)/t10?,12-,13-,14-/m0/s1. The van der Waals surface area contributed by atoms with Crippen LogP contribution in [0, 0.1) is 11.8 Å². The summed E-state index contributed by atoms with van der Waals surface area (Å²) in [5.41, 5.74) is 11.2. The van der Waals surface area contributed by atoms with Gasteiger partial charge in [0.25, 0.3) is 0 Å². The van der Waals surface area contributed by atoms with E-state index in [0.29, 0.717) is 12.3 Å². The summed E-state index contributed by atoms with van der Waals surface area (Å²) in [6.45, 7) is 5.25. The first-order valence-electron chi connectivity index (χ1n) is 10.00. The van der Waals surface area contributed by atoms with Crippen LogP contribution in [-0.2, 0) is 19.2 Å². The number of aromatic nitrogens is 2. The zero-order valence-electron chi connectivity index (χ0n) is 17.9. The van der Waals surface area contributed by atoms with Crippen molar-refractivity contribution in [2.75, 3.05) is 0 Å². The van der Waals surface area contributed by atoms with E-state index in [1.807, 2.05) is 13.8 Å². The van der Waals surface area contributed by atoms with Crippen molar-refractivity contribution in [3.63, 3.8) is 0 Å². The monoisotopic (exact) mass is 441 g/mol. The maximum atomic E-state index is 12.3. The lowest BCUT2D eigenvalue weighted by atomic mass is 9.95. The number of aliphatic hydroxyl groups is 1. The highest BCUT2D eigenvalue weighted by Gasteiger charge is 2.28. The van der Waals surface area contributed by atoms with E-state index in [2.05, 4.69) is 15.5 Å². The van der Waals surface area contributed by atoms with E-state index in [9.17, 15) is 24.3 Å². The molecule has 0 radical (unpaired) electrons. The highest BCUT2D eigenvalue weighted by atomic mass is 16.5. The Morgan fingerprint density at radius 1 is 1.13 bits per heavy atom. The fraction of sp³-hybridized carbons (Fsp3) is 0.684. The molecule has 1 aromatic rings. The SMILES string of the molecule is CC(C)C[C@H](N)c1noc([C@H](CC(N)=O)NC(=O)CCC(=O)C[C@H](C(=O)O)C(C)O)n1. The number of hydrogen-bond donors (Lipinski definition) is 5. The van der Waals surface area contributed by atoms with E-state index < -0.39 is 54.1 Å². The fourth-order valence-electron chi connectivity index (χ4n) is 2.88. The van der Waals surface area contributed by atoms with Crippen LogP contribution in [0.5, 0.6) is 0 Å². The molecule has 12 heteroatoms. The first-order chi connectivity index (χ1) is 14.4.